The molecule has 0 bridgehead atoms. The Morgan fingerprint density at radius 1 is 1.17 bits per heavy atom. The second-order valence-corrected chi connectivity index (χ2v) is 6.13. The molecule has 1 rings (SSSR count). The molecular weight excluding hydrogens is 272 g/mol. The third kappa shape index (κ3) is 6.77. The number of halogens is 1. The van der Waals surface area contributed by atoms with Gasteiger partial charge in [-0.2, -0.15) is 0 Å². The van der Waals surface area contributed by atoms with Crippen LogP contribution in [-0.4, -0.2) is 21.0 Å². The summed E-state index contributed by atoms with van der Waals surface area (Å²) in [7, 11) is -0.882. The highest BCUT2D eigenvalue weighted by atomic mass is 35.5. The van der Waals surface area contributed by atoms with E-state index in [2.05, 4.69) is 0 Å². The number of hydrogen-bond donors (Lipinski definition) is 1. The first-order valence-corrected chi connectivity index (χ1v) is 7.76. The lowest BCUT2D eigenvalue weighted by molar-refractivity contribution is -0.137. The fourth-order valence-corrected chi connectivity index (χ4v) is 2.92. The molecule has 0 amide bonds. The highest BCUT2D eigenvalue weighted by Crippen LogP contribution is 2.12. The van der Waals surface area contributed by atoms with Crippen molar-refractivity contribution in [3.63, 3.8) is 0 Å². The zero-order chi connectivity index (χ0) is 13.4. The minimum absolute atomic E-state index is 0.198. The summed E-state index contributed by atoms with van der Waals surface area (Å²) in [6.45, 7) is 0. The second-order valence-electron chi connectivity index (χ2n) is 4.12. The van der Waals surface area contributed by atoms with Crippen LogP contribution in [0, 0.1) is 0 Å². The van der Waals surface area contributed by atoms with Gasteiger partial charge in [-0.25, -0.2) is 0 Å². The molecule has 0 heterocycles. The number of carbonyl (C=O) groups is 1. The van der Waals surface area contributed by atoms with E-state index in [0.717, 1.165) is 18.4 Å². The van der Waals surface area contributed by atoms with Crippen LogP contribution in [0.4, 0.5) is 0 Å². The maximum absolute atomic E-state index is 11.8. The van der Waals surface area contributed by atoms with Gasteiger partial charge in [0, 0.05) is 33.7 Å². The average Bonchev–Trinajstić information content (AvgIpc) is 2.31. The number of rotatable bonds is 8. The number of carboxylic acid groups (broad SMARTS) is 1. The SMILES string of the molecule is O=C(O)CCCCCS(=O)Cc1ccc(Cl)cc1. The molecule has 1 atom stereocenters. The Balaban J connectivity index is 2.17. The maximum atomic E-state index is 11.8. The van der Waals surface area contributed by atoms with Crippen molar-refractivity contribution in [2.75, 3.05) is 5.75 Å². The Kier molecular flexibility index (Phi) is 6.98. The lowest BCUT2D eigenvalue weighted by Crippen LogP contribution is -2.01. The van der Waals surface area contributed by atoms with Gasteiger partial charge in [-0.15, -0.1) is 0 Å². The molecule has 0 radical (unpaired) electrons. The molecule has 0 aromatic heterocycles. The molecule has 0 aliphatic rings. The zero-order valence-corrected chi connectivity index (χ0v) is 11.7. The number of unbranched alkanes of at least 4 members (excludes halogenated alkanes) is 2. The van der Waals surface area contributed by atoms with Crippen molar-refractivity contribution in [1.82, 2.24) is 0 Å². The molecule has 0 saturated carbocycles. The molecule has 0 aliphatic carbocycles. The van der Waals surface area contributed by atoms with Crippen molar-refractivity contribution >= 4 is 28.4 Å². The minimum Gasteiger partial charge on any atom is -0.481 e. The number of aliphatic carboxylic acids is 1. The van der Waals surface area contributed by atoms with Crippen LogP contribution in [0.15, 0.2) is 24.3 Å². The van der Waals surface area contributed by atoms with E-state index in [4.69, 9.17) is 16.7 Å². The van der Waals surface area contributed by atoms with E-state index in [1.165, 1.54) is 0 Å². The molecule has 0 fully saturated rings. The summed E-state index contributed by atoms with van der Waals surface area (Å²) in [6, 6.07) is 7.34. The van der Waals surface area contributed by atoms with Crippen LogP contribution in [0.25, 0.3) is 0 Å². The Morgan fingerprint density at radius 3 is 2.44 bits per heavy atom. The quantitative estimate of drug-likeness (QED) is 0.747. The van der Waals surface area contributed by atoms with E-state index in [1.54, 1.807) is 12.1 Å². The average molecular weight is 289 g/mol. The van der Waals surface area contributed by atoms with Gasteiger partial charge in [0.1, 0.15) is 0 Å². The molecule has 0 saturated heterocycles. The van der Waals surface area contributed by atoms with Crippen LogP contribution < -0.4 is 0 Å². The molecule has 1 N–H and O–H groups in total. The Bertz CT molecular complexity index is 403. The molecule has 18 heavy (non-hydrogen) atoms. The van der Waals surface area contributed by atoms with Crippen LogP contribution in [0.1, 0.15) is 31.2 Å². The Labute approximate surface area is 115 Å². The Hall–Kier alpha value is -0.870. The van der Waals surface area contributed by atoms with Gasteiger partial charge in [-0.1, -0.05) is 30.2 Å². The highest BCUT2D eigenvalue weighted by molar-refractivity contribution is 7.84. The monoisotopic (exact) mass is 288 g/mol. The maximum Gasteiger partial charge on any atom is 0.303 e. The zero-order valence-electron chi connectivity index (χ0n) is 10.1. The molecule has 1 unspecified atom stereocenters. The molecule has 0 aliphatic heterocycles. The summed E-state index contributed by atoms with van der Waals surface area (Å²) in [4.78, 5) is 10.3. The summed E-state index contributed by atoms with van der Waals surface area (Å²) in [6.07, 6.45) is 2.49. The van der Waals surface area contributed by atoms with Gasteiger partial charge in [0.25, 0.3) is 0 Å². The van der Waals surface area contributed by atoms with Crippen LogP contribution in [0.3, 0.4) is 0 Å². The second kappa shape index (κ2) is 8.27. The first kappa shape index (κ1) is 15.2. The summed E-state index contributed by atoms with van der Waals surface area (Å²) >= 11 is 5.77. The van der Waals surface area contributed by atoms with Crippen LogP contribution >= 0.6 is 11.6 Å². The summed E-state index contributed by atoms with van der Waals surface area (Å²) < 4.78 is 11.8. The smallest absolute Gasteiger partial charge is 0.303 e. The van der Waals surface area contributed by atoms with Gasteiger partial charge in [-0.05, 0) is 30.5 Å². The summed E-state index contributed by atoms with van der Waals surface area (Å²) in [5.74, 6) is 0.399. The first-order chi connectivity index (χ1) is 8.58. The standard InChI is InChI=1S/C13H17ClO3S/c14-12-7-5-11(6-8-12)10-18(17)9-3-1-2-4-13(15)16/h5-8H,1-4,9-10H2,(H,15,16). The van der Waals surface area contributed by atoms with E-state index >= 15 is 0 Å². The molecule has 1 aromatic carbocycles. The minimum atomic E-state index is -0.882. The third-order valence-electron chi connectivity index (χ3n) is 2.50. The largest absolute Gasteiger partial charge is 0.481 e. The van der Waals surface area contributed by atoms with Gasteiger partial charge in [0.05, 0.1) is 0 Å². The molecule has 1 aromatic rings. The van der Waals surface area contributed by atoms with Crippen molar-refractivity contribution in [3.8, 4) is 0 Å². The van der Waals surface area contributed by atoms with Gasteiger partial charge in [0.15, 0.2) is 0 Å². The van der Waals surface area contributed by atoms with Crippen molar-refractivity contribution in [2.24, 2.45) is 0 Å². The topological polar surface area (TPSA) is 54.4 Å². The number of carboxylic acids is 1. The van der Waals surface area contributed by atoms with E-state index in [1.807, 2.05) is 12.1 Å². The van der Waals surface area contributed by atoms with Crippen LogP contribution in [0.5, 0.6) is 0 Å². The predicted molar refractivity (Wildman–Crippen MR) is 74.3 cm³/mol. The molecule has 0 spiro atoms. The highest BCUT2D eigenvalue weighted by Gasteiger charge is 2.03. The van der Waals surface area contributed by atoms with Crippen molar-refractivity contribution < 1.29 is 14.1 Å². The lowest BCUT2D eigenvalue weighted by Gasteiger charge is -2.03. The van der Waals surface area contributed by atoms with Gasteiger partial charge >= 0.3 is 5.97 Å². The third-order valence-corrected chi connectivity index (χ3v) is 4.15. The Morgan fingerprint density at radius 2 is 1.83 bits per heavy atom. The van der Waals surface area contributed by atoms with Crippen molar-refractivity contribution in [1.29, 1.82) is 0 Å². The van der Waals surface area contributed by atoms with E-state index in [0.29, 0.717) is 22.9 Å². The predicted octanol–water partition coefficient (Wildman–Crippen LogP) is 3.23. The molecule has 5 heteroatoms. The molecule has 100 valence electrons. The summed E-state index contributed by atoms with van der Waals surface area (Å²) in [5.41, 5.74) is 1.02. The van der Waals surface area contributed by atoms with Gasteiger partial charge in [-0.3, -0.25) is 9.00 Å². The normalized spacial score (nSPS) is 12.3. The molecule has 3 nitrogen and oxygen atoms in total. The summed E-state index contributed by atoms with van der Waals surface area (Å²) in [5, 5.41) is 9.15. The van der Waals surface area contributed by atoms with Crippen LogP contribution in [-0.2, 0) is 21.3 Å². The lowest BCUT2D eigenvalue weighted by atomic mass is 10.2. The molecular formula is C13H17ClO3S. The fourth-order valence-electron chi connectivity index (χ4n) is 1.55. The van der Waals surface area contributed by atoms with E-state index in [-0.39, 0.29) is 6.42 Å². The fraction of sp³-hybridized carbons (Fsp3) is 0.462. The van der Waals surface area contributed by atoms with Crippen LogP contribution in [0.2, 0.25) is 5.02 Å². The number of hydrogen-bond acceptors (Lipinski definition) is 2. The first-order valence-electron chi connectivity index (χ1n) is 5.89. The van der Waals surface area contributed by atoms with E-state index in [9.17, 15) is 9.00 Å². The number of benzene rings is 1. The van der Waals surface area contributed by atoms with Crippen molar-refractivity contribution in [2.45, 2.75) is 31.4 Å². The van der Waals surface area contributed by atoms with Gasteiger partial charge < -0.3 is 5.11 Å². The van der Waals surface area contributed by atoms with E-state index < -0.39 is 16.8 Å². The van der Waals surface area contributed by atoms with Gasteiger partial charge in [0.2, 0.25) is 0 Å². The van der Waals surface area contributed by atoms with Crippen molar-refractivity contribution in [3.05, 3.63) is 34.9 Å².